The van der Waals surface area contributed by atoms with Gasteiger partial charge >= 0.3 is 0 Å². The Labute approximate surface area is 94.7 Å². The van der Waals surface area contributed by atoms with Crippen LogP contribution in [0.25, 0.3) is 0 Å². The molecule has 1 aromatic heterocycles. The number of nitrogens with one attached hydrogen (secondary N) is 1. The van der Waals surface area contributed by atoms with Crippen molar-refractivity contribution < 1.29 is 4.79 Å². The van der Waals surface area contributed by atoms with Gasteiger partial charge in [-0.05, 0) is 20.3 Å². The molecule has 1 rings (SSSR count). The van der Waals surface area contributed by atoms with E-state index in [0.29, 0.717) is 6.42 Å². The van der Waals surface area contributed by atoms with Crippen molar-refractivity contribution in [1.29, 1.82) is 0 Å². The van der Waals surface area contributed by atoms with Gasteiger partial charge in [0.05, 0.1) is 17.4 Å². The summed E-state index contributed by atoms with van der Waals surface area (Å²) in [7, 11) is 0. The second kappa shape index (κ2) is 5.50. The number of hydrogen-bond acceptors (Lipinski definition) is 5. The molecule has 6 heteroatoms. The molecule has 16 heavy (non-hydrogen) atoms. The third-order valence-corrected chi connectivity index (χ3v) is 2.26. The monoisotopic (exact) mass is 223 g/mol. The van der Waals surface area contributed by atoms with Gasteiger partial charge in [-0.3, -0.25) is 10.1 Å². The van der Waals surface area contributed by atoms with E-state index in [2.05, 4.69) is 20.5 Å². The highest BCUT2D eigenvalue weighted by molar-refractivity contribution is 5.93. The van der Waals surface area contributed by atoms with Crippen molar-refractivity contribution >= 4 is 11.9 Å². The molecule has 88 valence electrons. The van der Waals surface area contributed by atoms with E-state index in [1.54, 1.807) is 0 Å². The van der Waals surface area contributed by atoms with Crippen LogP contribution in [0.15, 0.2) is 0 Å². The number of anilines is 1. The van der Waals surface area contributed by atoms with E-state index in [-0.39, 0.29) is 11.9 Å². The summed E-state index contributed by atoms with van der Waals surface area (Å²) in [6.07, 6.45) is 1.50. The zero-order valence-electron chi connectivity index (χ0n) is 9.82. The highest BCUT2D eigenvalue weighted by Crippen LogP contribution is 2.03. The minimum atomic E-state index is -0.518. The van der Waals surface area contributed by atoms with E-state index in [9.17, 15) is 4.79 Å². The molecule has 3 N–H and O–H groups in total. The first kappa shape index (κ1) is 12.5. The number of aryl methyl sites for hydroxylation is 2. The lowest BCUT2D eigenvalue weighted by atomic mass is 10.2. The average Bonchev–Trinajstić information content (AvgIpc) is 2.24. The summed E-state index contributed by atoms with van der Waals surface area (Å²) in [5.74, 6) is -0.0634. The lowest BCUT2D eigenvalue weighted by molar-refractivity contribution is -0.117. The van der Waals surface area contributed by atoms with E-state index in [1.807, 2.05) is 20.8 Å². The summed E-state index contributed by atoms with van der Waals surface area (Å²) in [5.41, 5.74) is 7.15. The number of aromatic nitrogens is 3. The third-order valence-electron chi connectivity index (χ3n) is 2.26. The van der Waals surface area contributed by atoms with Crippen molar-refractivity contribution in [3.05, 3.63) is 11.4 Å². The van der Waals surface area contributed by atoms with Crippen LogP contribution >= 0.6 is 0 Å². The second-order valence-electron chi connectivity index (χ2n) is 3.69. The van der Waals surface area contributed by atoms with Crippen LogP contribution < -0.4 is 11.1 Å². The molecular formula is C10H17N5O. The predicted molar refractivity (Wildman–Crippen MR) is 60.8 cm³/mol. The lowest BCUT2D eigenvalue weighted by Crippen LogP contribution is -2.36. The van der Waals surface area contributed by atoms with Gasteiger partial charge in [-0.2, -0.15) is 5.10 Å². The van der Waals surface area contributed by atoms with E-state index < -0.39 is 6.04 Å². The van der Waals surface area contributed by atoms with Crippen molar-refractivity contribution in [1.82, 2.24) is 15.2 Å². The average molecular weight is 223 g/mol. The van der Waals surface area contributed by atoms with Gasteiger partial charge in [0, 0.05) is 0 Å². The number of nitrogens with two attached hydrogens (primary N) is 1. The number of carbonyl (C=O) groups is 1. The van der Waals surface area contributed by atoms with Crippen molar-refractivity contribution in [2.24, 2.45) is 5.73 Å². The molecule has 0 bridgehead atoms. The van der Waals surface area contributed by atoms with Crippen LogP contribution in [0, 0.1) is 13.8 Å². The fourth-order valence-electron chi connectivity index (χ4n) is 1.15. The zero-order valence-corrected chi connectivity index (χ0v) is 9.82. The van der Waals surface area contributed by atoms with Gasteiger partial charge in [0.15, 0.2) is 0 Å². The molecule has 0 fully saturated rings. The molecule has 0 saturated heterocycles. The molecule has 0 aromatic carbocycles. The SMILES string of the molecule is CCC[C@@H](N)C(=O)Nc1nnc(C)c(C)n1. The van der Waals surface area contributed by atoms with Gasteiger partial charge in [-0.1, -0.05) is 13.3 Å². The number of rotatable bonds is 4. The molecule has 1 aromatic rings. The Kier molecular flexibility index (Phi) is 4.30. The summed E-state index contributed by atoms with van der Waals surface area (Å²) >= 11 is 0. The topological polar surface area (TPSA) is 93.8 Å². The third kappa shape index (κ3) is 3.23. The maximum Gasteiger partial charge on any atom is 0.249 e. The molecule has 0 aliphatic rings. The second-order valence-corrected chi connectivity index (χ2v) is 3.69. The van der Waals surface area contributed by atoms with Crippen LogP contribution in [0.3, 0.4) is 0 Å². The minimum Gasteiger partial charge on any atom is -0.320 e. The molecule has 6 nitrogen and oxygen atoms in total. The lowest BCUT2D eigenvalue weighted by Gasteiger charge is -2.09. The summed E-state index contributed by atoms with van der Waals surface area (Å²) in [6, 6.07) is -0.518. The summed E-state index contributed by atoms with van der Waals surface area (Å²) in [4.78, 5) is 15.6. The van der Waals surface area contributed by atoms with E-state index in [1.165, 1.54) is 0 Å². The molecular weight excluding hydrogens is 206 g/mol. The zero-order chi connectivity index (χ0) is 12.1. The molecule has 0 aliphatic carbocycles. The summed E-state index contributed by atoms with van der Waals surface area (Å²) in [6.45, 7) is 5.59. The molecule has 0 unspecified atom stereocenters. The number of nitrogens with zero attached hydrogens (tertiary/aromatic N) is 3. The van der Waals surface area contributed by atoms with Crippen molar-refractivity contribution in [2.75, 3.05) is 5.32 Å². The van der Waals surface area contributed by atoms with Gasteiger partial charge in [-0.15, -0.1) is 5.10 Å². The van der Waals surface area contributed by atoms with Crippen molar-refractivity contribution in [3.63, 3.8) is 0 Å². The maximum atomic E-state index is 11.6. The Bertz CT molecular complexity index is 379. The molecule has 0 radical (unpaired) electrons. The molecule has 1 amide bonds. The van der Waals surface area contributed by atoms with Crippen LogP contribution in [-0.4, -0.2) is 27.1 Å². The van der Waals surface area contributed by atoms with Crippen LogP contribution in [-0.2, 0) is 4.79 Å². The van der Waals surface area contributed by atoms with Crippen LogP contribution in [0.2, 0.25) is 0 Å². The van der Waals surface area contributed by atoms with Crippen molar-refractivity contribution in [2.45, 2.75) is 39.7 Å². The Morgan fingerprint density at radius 1 is 1.38 bits per heavy atom. The molecule has 0 saturated carbocycles. The molecule has 1 heterocycles. The van der Waals surface area contributed by atoms with Gasteiger partial charge in [0.2, 0.25) is 11.9 Å². The van der Waals surface area contributed by atoms with E-state index >= 15 is 0 Å². The smallest absolute Gasteiger partial charge is 0.249 e. The first-order valence-corrected chi connectivity index (χ1v) is 5.29. The molecule has 0 spiro atoms. The first-order valence-electron chi connectivity index (χ1n) is 5.29. The van der Waals surface area contributed by atoms with E-state index in [0.717, 1.165) is 17.8 Å². The maximum absolute atomic E-state index is 11.6. The van der Waals surface area contributed by atoms with Gasteiger partial charge in [0.1, 0.15) is 0 Å². The Balaban J connectivity index is 2.66. The Hall–Kier alpha value is -1.56. The highest BCUT2D eigenvalue weighted by atomic mass is 16.2. The van der Waals surface area contributed by atoms with Gasteiger partial charge in [0.25, 0.3) is 0 Å². The summed E-state index contributed by atoms with van der Waals surface area (Å²) in [5, 5.41) is 10.2. The fraction of sp³-hybridized carbons (Fsp3) is 0.600. The Morgan fingerprint density at radius 2 is 2.06 bits per heavy atom. The predicted octanol–water partition coefficient (Wildman–Crippen LogP) is 0.554. The van der Waals surface area contributed by atoms with Gasteiger partial charge in [-0.25, -0.2) is 4.98 Å². The first-order chi connectivity index (χ1) is 7.54. The minimum absolute atomic E-state index is 0.208. The molecule has 1 atom stereocenters. The normalized spacial score (nSPS) is 12.2. The van der Waals surface area contributed by atoms with Crippen LogP contribution in [0.1, 0.15) is 31.2 Å². The number of hydrogen-bond donors (Lipinski definition) is 2. The molecule has 0 aliphatic heterocycles. The summed E-state index contributed by atoms with van der Waals surface area (Å²) < 4.78 is 0. The van der Waals surface area contributed by atoms with Crippen LogP contribution in [0.5, 0.6) is 0 Å². The number of amides is 1. The standard InChI is InChI=1S/C10H17N5O/c1-4-5-8(11)9(16)13-10-12-6(2)7(3)14-15-10/h8H,4-5,11H2,1-3H3,(H,12,13,15,16)/t8-/m1/s1. The quantitative estimate of drug-likeness (QED) is 0.777. The van der Waals surface area contributed by atoms with Gasteiger partial charge < -0.3 is 5.73 Å². The largest absolute Gasteiger partial charge is 0.320 e. The van der Waals surface area contributed by atoms with Crippen LogP contribution in [0.4, 0.5) is 5.95 Å². The Morgan fingerprint density at radius 3 is 2.62 bits per heavy atom. The highest BCUT2D eigenvalue weighted by Gasteiger charge is 2.14. The van der Waals surface area contributed by atoms with E-state index in [4.69, 9.17) is 5.73 Å². The number of carbonyl (C=O) groups excluding carboxylic acids is 1. The fourth-order valence-corrected chi connectivity index (χ4v) is 1.15. The van der Waals surface area contributed by atoms with Crippen molar-refractivity contribution in [3.8, 4) is 0 Å².